The predicted octanol–water partition coefficient (Wildman–Crippen LogP) is 3.34. The first kappa shape index (κ1) is 12.4. The van der Waals surface area contributed by atoms with Crippen molar-refractivity contribution in [2.75, 3.05) is 0 Å². The van der Waals surface area contributed by atoms with Gasteiger partial charge in [0, 0.05) is 6.21 Å². The number of H-pyrrole nitrogens is 1. The van der Waals surface area contributed by atoms with E-state index in [2.05, 4.69) is 15.3 Å². The minimum absolute atomic E-state index is 0.388. The Kier molecular flexibility index (Phi) is 3.42. The Labute approximate surface area is 119 Å². The summed E-state index contributed by atoms with van der Waals surface area (Å²) in [4.78, 5) is 0. The number of allylic oxidation sites excluding steroid dienone is 1. The average molecular weight is 286 g/mol. The summed E-state index contributed by atoms with van der Waals surface area (Å²) in [5, 5.41) is 11.0. The Morgan fingerprint density at radius 1 is 1.25 bits per heavy atom. The number of nitrogens with one attached hydrogen (secondary N) is 1. The lowest BCUT2D eigenvalue weighted by molar-refractivity contribution is 0.557. The highest BCUT2D eigenvalue weighted by Gasteiger charge is 2.09. The van der Waals surface area contributed by atoms with E-state index in [9.17, 15) is 0 Å². The Morgan fingerprint density at radius 3 is 2.85 bits per heavy atom. The molecular formula is C13H10N4O2S. The van der Waals surface area contributed by atoms with Crippen molar-refractivity contribution in [1.82, 2.24) is 14.9 Å². The fourth-order valence-corrected chi connectivity index (χ4v) is 1.77. The average Bonchev–Trinajstić information content (AvgIpc) is 3.17. The van der Waals surface area contributed by atoms with E-state index in [1.54, 1.807) is 43.0 Å². The van der Waals surface area contributed by atoms with Crippen LogP contribution in [-0.2, 0) is 0 Å². The van der Waals surface area contributed by atoms with Crippen LogP contribution in [0.25, 0.3) is 17.7 Å². The normalized spacial score (nSPS) is 11.8. The van der Waals surface area contributed by atoms with Gasteiger partial charge >= 0.3 is 0 Å². The van der Waals surface area contributed by atoms with Crippen LogP contribution in [0.2, 0.25) is 0 Å². The van der Waals surface area contributed by atoms with Gasteiger partial charge < -0.3 is 8.83 Å². The molecule has 3 rings (SSSR count). The molecule has 6 nitrogen and oxygen atoms in total. The maximum Gasteiger partial charge on any atom is 0.219 e. The molecule has 0 aliphatic carbocycles. The number of hydrogen-bond acceptors (Lipinski definition) is 5. The van der Waals surface area contributed by atoms with E-state index in [-0.39, 0.29) is 0 Å². The Balaban J connectivity index is 1.84. The van der Waals surface area contributed by atoms with Gasteiger partial charge in [-0.2, -0.15) is 9.78 Å². The van der Waals surface area contributed by atoms with Crippen LogP contribution >= 0.6 is 12.2 Å². The fraction of sp³-hybridized carbons (Fsp3) is 0. The molecule has 0 unspecified atom stereocenters. The van der Waals surface area contributed by atoms with E-state index < -0.39 is 0 Å². The standard InChI is InChI=1S/C13H10N4O2S/c20-13-16-15-12(11-6-3-9-19-11)17(13)14-7-1-4-10-5-2-8-18-10/h1-9H,(H,16,20)/b4-1+,14-7+. The van der Waals surface area contributed by atoms with Gasteiger partial charge in [-0.3, -0.25) is 0 Å². The molecule has 3 aromatic rings. The lowest BCUT2D eigenvalue weighted by Crippen LogP contribution is -1.92. The van der Waals surface area contributed by atoms with Gasteiger partial charge in [-0.05, 0) is 48.6 Å². The summed E-state index contributed by atoms with van der Waals surface area (Å²) in [7, 11) is 0. The third kappa shape index (κ3) is 2.52. The largest absolute Gasteiger partial charge is 0.465 e. The van der Waals surface area contributed by atoms with E-state index in [4.69, 9.17) is 21.1 Å². The van der Waals surface area contributed by atoms with Gasteiger partial charge in [0.05, 0.1) is 12.5 Å². The van der Waals surface area contributed by atoms with Crippen molar-refractivity contribution in [2.45, 2.75) is 0 Å². The van der Waals surface area contributed by atoms with Gasteiger partial charge in [0.2, 0.25) is 10.6 Å². The number of hydrogen-bond donors (Lipinski definition) is 1. The summed E-state index contributed by atoms with van der Waals surface area (Å²) in [5.74, 6) is 1.85. The number of furan rings is 2. The minimum atomic E-state index is 0.388. The maximum atomic E-state index is 5.28. The first-order valence-electron chi connectivity index (χ1n) is 5.80. The van der Waals surface area contributed by atoms with Crippen LogP contribution in [0.15, 0.2) is 56.8 Å². The third-order valence-corrected chi connectivity index (χ3v) is 2.73. The number of aromatic nitrogens is 3. The van der Waals surface area contributed by atoms with Gasteiger partial charge in [0.25, 0.3) is 0 Å². The molecule has 0 saturated carbocycles. The maximum absolute atomic E-state index is 5.28. The van der Waals surface area contributed by atoms with Crippen molar-refractivity contribution in [3.8, 4) is 11.6 Å². The molecule has 0 saturated heterocycles. The summed E-state index contributed by atoms with van der Waals surface area (Å²) in [6.45, 7) is 0. The van der Waals surface area contributed by atoms with Gasteiger partial charge in [-0.1, -0.05) is 0 Å². The quantitative estimate of drug-likeness (QED) is 0.589. The van der Waals surface area contributed by atoms with Crippen LogP contribution in [0.4, 0.5) is 0 Å². The molecule has 3 heterocycles. The van der Waals surface area contributed by atoms with E-state index in [1.165, 1.54) is 4.68 Å². The summed E-state index contributed by atoms with van der Waals surface area (Å²) in [6, 6.07) is 7.23. The van der Waals surface area contributed by atoms with Crippen molar-refractivity contribution in [3.63, 3.8) is 0 Å². The minimum Gasteiger partial charge on any atom is -0.465 e. The molecule has 0 bridgehead atoms. The SMILES string of the molecule is S=c1[nH]nc(-c2ccco2)n1/N=C/C=C/c1ccco1. The number of nitrogens with zero attached hydrogens (tertiary/aromatic N) is 3. The molecule has 20 heavy (non-hydrogen) atoms. The molecule has 0 spiro atoms. The molecule has 100 valence electrons. The zero-order chi connectivity index (χ0) is 13.8. The fourth-order valence-electron chi connectivity index (χ4n) is 1.59. The lowest BCUT2D eigenvalue weighted by atomic mass is 10.4. The molecule has 0 aliphatic heterocycles. The smallest absolute Gasteiger partial charge is 0.219 e. The first-order chi connectivity index (χ1) is 9.84. The molecule has 3 aromatic heterocycles. The van der Waals surface area contributed by atoms with Gasteiger partial charge in [0.15, 0.2) is 5.76 Å². The van der Waals surface area contributed by atoms with Crippen molar-refractivity contribution < 1.29 is 8.83 Å². The van der Waals surface area contributed by atoms with Gasteiger partial charge in [-0.25, -0.2) is 5.10 Å². The molecule has 0 aromatic carbocycles. The highest BCUT2D eigenvalue weighted by molar-refractivity contribution is 7.71. The van der Waals surface area contributed by atoms with Crippen LogP contribution in [0.3, 0.4) is 0 Å². The van der Waals surface area contributed by atoms with Gasteiger partial charge in [-0.15, -0.1) is 5.10 Å². The van der Waals surface area contributed by atoms with E-state index >= 15 is 0 Å². The Bertz CT molecular complexity index is 779. The second-order valence-corrected chi connectivity index (χ2v) is 4.17. The van der Waals surface area contributed by atoms with Crippen LogP contribution in [0.5, 0.6) is 0 Å². The highest BCUT2D eigenvalue weighted by Crippen LogP contribution is 2.17. The lowest BCUT2D eigenvalue weighted by Gasteiger charge is -1.95. The number of aromatic amines is 1. The van der Waals surface area contributed by atoms with Crippen molar-refractivity contribution in [1.29, 1.82) is 0 Å². The van der Waals surface area contributed by atoms with Crippen molar-refractivity contribution >= 4 is 24.5 Å². The predicted molar refractivity (Wildman–Crippen MR) is 76.7 cm³/mol. The molecule has 0 aliphatic rings. The van der Waals surface area contributed by atoms with Crippen LogP contribution in [-0.4, -0.2) is 21.1 Å². The van der Waals surface area contributed by atoms with E-state index in [0.717, 1.165) is 5.76 Å². The van der Waals surface area contributed by atoms with Crippen LogP contribution in [0, 0.1) is 4.77 Å². The summed E-state index contributed by atoms with van der Waals surface area (Å²) in [5.41, 5.74) is 0. The van der Waals surface area contributed by atoms with E-state index in [0.29, 0.717) is 16.4 Å². The second-order valence-electron chi connectivity index (χ2n) is 3.78. The van der Waals surface area contributed by atoms with Crippen molar-refractivity contribution in [2.24, 2.45) is 5.10 Å². The summed E-state index contributed by atoms with van der Waals surface area (Å²) < 4.78 is 12.3. The molecule has 7 heteroatoms. The van der Waals surface area contributed by atoms with E-state index in [1.807, 2.05) is 12.1 Å². The zero-order valence-corrected chi connectivity index (χ0v) is 11.1. The first-order valence-corrected chi connectivity index (χ1v) is 6.21. The molecule has 0 fully saturated rings. The molecular weight excluding hydrogens is 276 g/mol. The topological polar surface area (TPSA) is 72.2 Å². The highest BCUT2D eigenvalue weighted by atomic mass is 32.1. The number of rotatable bonds is 4. The summed E-state index contributed by atoms with van der Waals surface area (Å²) in [6.07, 6.45) is 8.31. The summed E-state index contributed by atoms with van der Waals surface area (Å²) >= 11 is 5.12. The van der Waals surface area contributed by atoms with Crippen molar-refractivity contribution in [3.05, 3.63) is 53.4 Å². The molecule has 0 amide bonds. The van der Waals surface area contributed by atoms with Gasteiger partial charge in [0.1, 0.15) is 5.76 Å². The molecule has 0 atom stereocenters. The zero-order valence-electron chi connectivity index (χ0n) is 10.3. The van der Waals surface area contributed by atoms with Crippen LogP contribution < -0.4 is 0 Å². The molecule has 1 N–H and O–H groups in total. The Morgan fingerprint density at radius 2 is 2.10 bits per heavy atom. The Hall–Kier alpha value is -2.67. The monoisotopic (exact) mass is 286 g/mol. The van der Waals surface area contributed by atoms with Crippen LogP contribution in [0.1, 0.15) is 5.76 Å². The third-order valence-electron chi connectivity index (χ3n) is 2.46. The second kappa shape index (κ2) is 5.54. The molecule has 0 radical (unpaired) electrons.